The highest BCUT2D eigenvalue weighted by Crippen LogP contribution is 2.25. The second-order valence-corrected chi connectivity index (χ2v) is 6.49. The Bertz CT molecular complexity index is 652. The molecule has 2 atom stereocenters. The fourth-order valence-electron chi connectivity index (χ4n) is 2.70. The first-order valence-corrected chi connectivity index (χ1v) is 8.66. The summed E-state index contributed by atoms with van der Waals surface area (Å²) >= 11 is 0. The lowest BCUT2D eigenvalue weighted by molar-refractivity contribution is -0.127. The number of rotatable bonds is 5. The van der Waals surface area contributed by atoms with Gasteiger partial charge in [-0.2, -0.15) is 0 Å². The van der Waals surface area contributed by atoms with E-state index in [1.165, 1.54) is 17.0 Å². The summed E-state index contributed by atoms with van der Waals surface area (Å²) in [6.07, 6.45) is 1.52. The Morgan fingerprint density at radius 3 is 2.67 bits per heavy atom. The highest BCUT2D eigenvalue weighted by atomic mass is 127. The minimum Gasteiger partial charge on any atom is -0.367 e. The summed E-state index contributed by atoms with van der Waals surface area (Å²) < 4.78 is 19.2. The van der Waals surface area contributed by atoms with E-state index in [4.69, 9.17) is 4.74 Å². The van der Waals surface area contributed by atoms with Crippen LogP contribution in [0, 0.1) is 5.82 Å². The summed E-state index contributed by atoms with van der Waals surface area (Å²) in [6, 6.07) is 6.34. The van der Waals surface area contributed by atoms with Gasteiger partial charge in [0.1, 0.15) is 18.5 Å². The van der Waals surface area contributed by atoms with Crippen molar-refractivity contribution in [1.82, 2.24) is 15.1 Å². The van der Waals surface area contributed by atoms with Gasteiger partial charge < -0.3 is 19.9 Å². The molecule has 8 heteroatoms. The molecule has 0 bridgehead atoms. The van der Waals surface area contributed by atoms with E-state index >= 15 is 0 Å². The van der Waals surface area contributed by atoms with Crippen molar-refractivity contribution in [3.05, 3.63) is 48.3 Å². The second-order valence-electron chi connectivity index (χ2n) is 6.49. The minimum atomic E-state index is -0.272. The molecule has 1 fully saturated rings. The van der Waals surface area contributed by atoms with E-state index in [1.807, 2.05) is 6.92 Å². The van der Waals surface area contributed by atoms with Crippen molar-refractivity contribution >= 4 is 35.8 Å². The smallest absolute Gasteiger partial charge is 0.243 e. The van der Waals surface area contributed by atoms with Crippen LogP contribution >= 0.6 is 24.0 Å². The maximum atomic E-state index is 13.2. The van der Waals surface area contributed by atoms with E-state index in [2.05, 4.69) is 21.8 Å². The number of hydrogen-bond donors (Lipinski definition) is 1. The number of carbonyl (C=O) groups is 1. The number of aliphatic imine (C=N–C) groups is 1. The molecule has 1 aromatic carbocycles. The molecule has 6 nitrogen and oxygen atoms in total. The van der Waals surface area contributed by atoms with Crippen LogP contribution in [0.2, 0.25) is 0 Å². The number of carbonyl (C=O) groups excluding carboxylic acids is 1. The molecule has 1 aliphatic rings. The van der Waals surface area contributed by atoms with Crippen molar-refractivity contribution < 1.29 is 13.9 Å². The van der Waals surface area contributed by atoms with Gasteiger partial charge in [0, 0.05) is 27.2 Å². The minimum absolute atomic E-state index is 0. The van der Waals surface area contributed by atoms with Crippen LogP contribution in [0.3, 0.4) is 0 Å². The fourth-order valence-corrected chi connectivity index (χ4v) is 2.70. The Kier molecular flexibility index (Phi) is 9.71. The predicted octanol–water partition coefficient (Wildman–Crippen LogP) is 2.43. The van der Waals surface area contributed by atoms with Gasteiger partial charge in [-0.15, -0.1) is 30.6 Å². The van der Waals surface area contributed by atoms with E-state index in [0.717, 1.165) is 5.56 Å². The quantitative estimate of drug-likeness (QED) is 0.298. The summed E-state index contributed by atoms with van der Waals surface area (Å²) in [4.78, 5) is 19.9. The molecule has 27 heavy (non-hydrogen) atoms. The number of nitrogens with zero attached hydrogens (tertiary/aromatic N) is 3. The molecule has 0 aromatic heterocycles. The molecule has 0 aliphatic carbocycles. The second kappa shape index (κ2) is 11.2. The van der Waals surface area contributed by atoms with E-state index in [-0.39, 0.29) is 54.5 Å². The monoisotopic (exact) mass is 490 g/mol. The van der Waals surface area contributed by atoms with Crippen LogP contribution in [-0.4, -0.2) is 68.0 Å². The van der Waals surface area contributed by atoms with Crippen LogP contribution in [0.4, 0.5) is 4.39 Å². The van der Waals surface area contributed by atoms with Crippen molar-refractivity contribution in [3.8, 4) is 0 Å². The SMILES string of the molecule is C=CCNC(=NCC(=O)N(C)C)N1CC(C)OC(c2ccc(F)cc2)C1.I. The molecule has 0 radical (unpaired) electrons. The van der Waals surface area contributed by atoms with Crippen LogP contribution in [0.1, 0.15) is 18.6 Å². The number of nitrogens with one attached hydrogen (secondary N) is 1. The lowest BCUT2D eigenvalue weighted by Gasteiger charge is -2.38. The molecule has 0 spiro atoms. The number of hydrogen-bond acceptors (Lipinski definition) is 3. The molecular formula is C19H28FIN4O2. The molecule has 2 rings (SSSR count). The average molecular weight is 490 g/mol. The van der Waals surface area contributed by atoms with Gasteiger partial charge >= 0.3 is 0 Å². The van der Waals surface area contributed by atoms with Crippen molar-refractivity contribution in [2.75, 3.05) is 40.3 Å². The first kappa shape index (κ1) is 23.4. The van der Waals surface area contributed by atoms with Gasteiger partial charge in [-0.25, -0.2) is 9.38 Å². The first-order chi connectivity index (χ1) is 12.4. The molecule has 1 amide bonds. The van der Waals surface area contributed by atoms with Gasteiger partial charge in [0.2, 0.25) is 5.91 Å². The zero-order chi connectivity index (χ0) is 19.1. The summed E-state index contributed by atoms with van der Waals surface area (Å²) in [6.45, 7) is 7.53. The third-order valence-electron chi connectivity index (χ3n) is 4.07. The van der Waals surface area contributed by atoms with E-state index in [0.29, 0.717) is 25.6 Å². The molecule has 1 saturated heterocycles. The molecule has 2 unspecified atom stereocenters. The van der Waals surface area contributed by atoms with Gasteiger partial charge in [0.15, 0.2) is 5.96 Å². The molecule has 1 N–H and O–H groups in total. The average Bonchev–Trinajstić information content (AvgIpc) is 2.61. The molecule has 1 heterocycles. The van der Waals surface area contributed by atoms with Crippen LogP contribution in [-0.2, 0) is 9.53 Å². The largest absolute Gasteiger partial charge is 0.367 e. The van der Waals surface area contributed by atoms with Crippen molar-refractivity contribution in [3.63, 3.8) is 0 Å². The topological polar surface area (TPSA) is 57.2 Å². The number of morpholine rings is 1. The standard InChI is InChI=1S/C19H27FN4O2.HI/c1-5-10-21-19(22-11-18(25)23(3)4)24-12-14(2)26-17(13-24)15-6-8-16(20)9-7-15;/h5-9,14,17H,1,10-13H2,2-4H3,(H,21,22);1H. The highest BCUT2D eigenvalue weighted by molar-refractivity contribution is 14.0. The lowest BCUT2D eigenvalue weighted by Crippen LogP contribution is -2.51. The summed E-state index contributed by atoms with van der Waals surface area (Å²) in [5.41, 5.74) is 0.912. The van der Waals surface area contributed by atoms with Gasteiger partial charge in [-0.1, -0.05) is 18.2 Å². The highest BCUT2D eigenvalue weighted by Gasteiger charge is 2.28. The maximum Gasteiger partial charge on any atom is 0.243 e. The fraction of sp³-hybridized carbons (Fsp3) is 0.474. The molecule has 150 valence electrons. The Morgan fingerprint density at radius 1 is 1.41 bits per heavy atom. The van der Waals surface area contributed by atoms with Crippen LogP contribution in [0.15, 0.2) is 41.9 Å². The van der Waals surface area contributed by atoms with Crippen LogP contribution < -0.4 is 5.32 Å². The molecular weight excluding hydrogens is 462 g/mol. The summed E-state index contributed by atoms with van der Waals surface area (Å²) in [7, 11) is 3.41. The van der Waals surface area contributed by atoms with Gasteiger partial charge in [-0.05, 0) is 24.6 Å². The number of amides is 1. The van der Waals surface area contributed by atoms with E-state index in [9.17, 15) is 9.18 Å². The Labute approximate surface area is 177 Å². The third kappa shape index (κ3) is 7.10. The van der Waals surface area contributed by atoms with Crippen molar-refractivity contribution in [2.24, 2.45) is 4.99 Å². The number of likely N-dealkylation sites (N-methyl/N-ethyl adjacent to an activating group) is 1. The number of ether oxygens (including phenoxy) is 1. The number of halogens is 2. The zero-order valence-electron chi connectivity index (χ0n) is 16.0. The molecule has 0 saturated carbocycles. The van der Waals surface area contributed by atoms with Gasteiger partial charge in [-0.3, -0.25) is 4.79 Å². The van der Waals surface area contributed by atoms with Gasteiger partial charge in [0.05, 0.1) is 12.6 Å². The normalized spacial score (nSPS) is 19.9. The molecule has 1 aromatic rings. The van der Waals surface area contributed by atoms with Gasteiger partial charge in [0.25, 0.3) is 0 Å². The molecule has 1 aliphatic heterocycles. The number of guanidine groups is 1. The summed E-state index contributed by atoms with van der Waals surface area (Å²) in [5.74, 6) is 0.299. The maximum absolute atomic E-state index is 13.2. The van der Waals surface area contributed by atoms with Crippen LogP contribution in [0.25, 0.3) is 0 Å². The summed E-state index contributed by atoms with van der Waals surface area (Å²) in [5, 5.41) is 3.21. The zero-order valence-corrected chi connectivity index (χ0v) is 18.4. The van der Waals surface area contributed by atoms with Crippen molar-refractivity contribution in [1.29, 1.82) is 0 Å². The lowest BCUT2D eigenvalue weighted by atomic mass is 10.1. The van der Waals surface area contributed by atoms with E-state index in [1.54, 1.807) is 32.3 Å². The Hall–Kier alpha value is -1.68. The Morgan fingerprint density at radius 2 is 2.07 bits per heavy atom. The Balaban J connectivity index is 0.00000364. The van der Waals surface area contributed by atoms with E-state index < -0.39 is 0 Å². The number of benzene rings is 1. The third-order valence-corrected chi connectivity index (χ3v) is 4.07. The van der Waals surface area contributed by atoms with Crippen LogP contribution in [0.5, 0.6) is 0 Å². The van der Waals surface area contributed by atoms with Crippen molar-refractivity contribution in [2.45, 2.75) is 19.1 Å². The predicted molar refractivity (Wildman–Crippen MR) is 116 cm³/mol. The first-order valence-electron chi connectivity index (χ1n) is 8.66.